The van der Waals surface area contributed by atoms with Gasteiger partial charge in [-0.25, -0.2) is 0 Å². The number of hydrogen-bond donors (Lipinski definition) is 2. The Morgan fingerprint density at radius 2 is 1.86 bits per heavy atom. The van der Waals surface area contributed by atoms with E-state index in [9.17, 15) is 9.90 Å². The molecule has 0 heterocycles. The molecule has 0 aliphatic heterocycles. The van der Waals surface area contributed by atoms with Gasteiger partial charge in [0.2, 0.25) is 5.91 Å². The highest BCUT2D eigenvalue weighted by molar-refractivity contribution is 5.77. The first-order valence-corrected chi connectivity index (χ1v) is 5.20. The third kappa shape index (κ3) is 5.97. The van der Waals surface area contributed by atoms with Crippen LogP contribution in [0.3, 0.4) is 0 Å². The van der Waals surface area contributed by atoms with Crippen LogP contribution in [0.5, 0.6) is 0 Å². The van der Waals surface area contributed by atoms with Crippen LogP contribution in [0, 0.1) is 11.3 Å². The lowest BCUT2D eigenvalue weighted by molar-refractivity contribution is -0.124. The number of hydrogen-bond acceptors (Lipinski definition) is 2. The average Bonchev–Trinajstić information content (AvgIpc) is 1.97. The van der Waals surface area contributed by atoms with Gasteiger partial charge in [0.25, 0.3) is 0 Å². The number of carbonyl (C=O) groups is 1. The highest BCUT2D eigenvalue weighted by atomic mass is 16.3. The standard InChI is InChI=1S/C11H23NO2/c1-8(2)10(14)12-7-11(4,5)6-9(3)13/h8-9,13H,6-7H2,1-5H3,(H,12,14). The summed E-state index contributed by atoms with van der Waals surface area (Å²) in [5.41, 5.74) is -0.0429. The predicted octanol–water partition coefficient (Wildman–Crippen LogP) is 1.56. The number of aliphatic hydroxyl groups is 1. The van der Waals surface area contributed by atoms with Crippen molar-refractivity contribution in [2.24, 2.45) is 11.3 Å². The van der Waals surface area contributed by atoms with Crippen molar-refractivity contribution in [1.82, 2.24) is 5.32 Å². The SMILES string of the molecule is CC(O)CC(C)(C)CNC(=O)C(C)C. The minimum Gasteiger partial charge on any atom is -0.393 e. The Hall–Kier alpha value is -0.570. The van der Waals surface area contributed by atoms with Crippen LogP contribution in [0.15, 0.2) is 0 Å². The van der Waals surface area contributed by atoms with E-state index in [2.05, 4.69) is 5.32 Å². The molecule has 3 nitrogen and oxygen atoms in total. The molecule has 0 fully saturated rings. The molecule has 0 aromatic carbocycles. The molecule has 14 heavy (non-hydrogen) atoms. The van der Waals surface area contributed by atoms with Crippen LogP contribution >= 0.6 is 0 Å². The third-order valence-electron chi connectivity index (χ3n) is 2.11. The largest absolute Gasteiger partial charge is 0.393 e. The minimum atomic E-state index is -0.319. The minimum absolute atomic E-state index is 0.0253. The fourth-order valence-electron chi connectivity index (χ4n) is 1.40. The summed E-state index contributed by atoms with van der Waals surface area (Å²) >= 11 is 0. The van der Waals surface area contributed by atoms with E-state index in [0.29, 0.717) is 13.0 Å². The van der Waals surface area contributed by atoms with Crippen molar-refractivity contribution in [3.05, 3.63) is 0 Å². The van der Waals surface area contributed by atoms with Crippen molar-refractivity contribution in [3.8, 4) is 0 Å². The van der Waals surface area contributed by atoms with Gasteiger partial charge in [-0.2, -0.15) is 0 Å². The van der Waals surface area contributed by atoms with Gasteiger partial charge in [0, 0.05) is 12.5 Å². The van der Waals surface area contributed by atoms with Crippen LogP contribution in [0.4, 0.5) is 0 Å². The Morgan fingerprint density at radius 1 is 1.36 bits per heavy atom. The van der Waals surface area contributed by atoms with E-state index in [-0.39, 0.29) is 23.3 Å². The highest BCUT2D eigenvalue weighted by Crippen LogP contribution is 2.21. The lowest BCUT2D eigenvalue weighted by atomic mass is 9.87. The topological polar surface area (TPSA) is 49.3 Å². The Balaban J connectivity index is 3.92. The van der Waals surface area contributed by atoms with Gasteiger partial charge in [0.15, 0.2) is 0 Å². The molecule has 0 aromatic heterocycles. The second-order valence-corrected chi connectivity index (χ2v) is 5.09. The number of amides is 1. The first kappa shape index (κ1) is 13.4. The van der Waals surface area contributed by atoms with Crippen molar-refractivity contribution < 1.29 is 9.90 Å². The molecule has 1 atom stereocenters. The Bertz CT molecular complexity index is 186. The van der Waals surface area contributed by atoms with E-state index < -0.39 is 0 Å². The van der Waals surface area contributed by atoms with E-state index in [0.717, 1.165) is 0 Å². The van der Waals surface area contributed by atoms with E-state index in [4.69, 9.17) is 0 Å². The van der Waals surface area contributed by atoms with Crippen LogP contribution < -0.4 is 5.32 Å². The fraction of sp³-hybridized carbons (Fsp3) is 0.909. The van der Waals surface area contributed by atoms with Crippen LogP contribution in [0.25, 0.3) is 0 Å². The molecule has 3 heteroatoms. The van der Waals surface area contributed by atoms with E-state index in [1.165, 1.54) is 0 Å². The summed E-state index contributed by atoms with van der Waals surface area (Å²) in [5.74, 6) is 0.0982. The molecule has 0 spiro atoms. The molecule has 0 saturated carbocycles. The molecule has 0 bridgehead atoms. The van der Waals surface area contributed by atoms with Gasteiger partial charge in [-0.3, -0.25) is 4.79 Å². The smallest absolute Gasteiger partial charge is 0.222 e. The highest BCUT2D eigenvalue weighted by Gasteiger charge is 2.21. The molecular weight excluding hydrogens is 178 g/mol. The van der Waals surface area contributed by atoms with Gasteiger partial charge in [-0.05, 0) is 18.8 Å². The lowest BCUT2D eigenvalue weighted by Gasteiger charge is -2.26. The second-order valence-electron chi connectivity index (χ2n) is 5.09. The quantitative estimate of drug-likeness (QED) is 0.709. The van der Waals surface area contributed by atoms with Gasteiger partial charge < -0.3 is 10.4 Å². The summed E-state index contributed by atoms with van der Waals surface area (Å²) in [6.07, 6.45) is 0.381. The molecular formula is C11H23NO2. The van der Waals surface area contributed by atoms with E-state index in [1.807, 2.05) is 27.7 Å². The van der Waals surface area contributed by atoms with Crippen molar-refractivity contribution in [2.75, 3.05) is 6.54 Å². The summed E-state index contributed by atoms with van der Waals surface area (Å²) in [5, 5.41) is 12.1. The van der Waals surface area contributed by atoms with Crippen LogP contribution in [0.1, 0.15) is 41.0 Å². The third-order valence-corrected chi connectivity index (χ3v) is 2.11. The molecule has 0 aromatic rings. The summed E-state index contributed by atoms with van der Waals surface area (Å²) < 4.78 is 0. The molecule has 2 N–H and O–H groups in total. The average molecular weight is 201 g/mol. The number of aliphatic hydroxyl groups excluding tert-OH is 1. The monoisotopic (exact) mass is 201 g/mol. The van der Waals surface area contributed by atoms with Crippen molar-refractivity contribution in [2.45, 2.75) is 47.1 Å². The normalized spacial score (nSPS) is 14.2. The molecule has 0 saturated heterocycles. The first-order valence-electron chi connectivity index (χ1n) is 5.20. The maximum absolute atomic E-state index is 11.3. The van der Waals surface area contributed by atoms with E-state index >= 15 is 0 Å². The number of rotatable bonds is 5. The fourth-order valence-corrected chi connectivity index (χ4v) is 1.40. The predicted molar refractivity (Wildman–Crippen MR) is 57.9 cm³/mol. The molecule has 0 aliphatic rings. The zero-order valence-electron chi connectivity index (χ0n) is 9.92. The Morgan fingerprint density at radius 3 is 2.21 bits per heavy atom. The first-order chi connectivity index (χ1) is 6.24. The van der Waals surface area contributed by atoms with Gasteiger partial charge in [0.05, 0.1) is 6.10 Å². The number of carbonyl (C=O) groups excluding carboxylic acids is 1. The maximum Gasteiger partial charge on any atom is 0.222 e. The number of nitrogens with one attached hydrogen (secondary N) is 1. The van der Waals surface area contributed by atoms with Gasteiger partial charge in [0.1, 0.15) is 0 Å². The molecule has 84 valence electrons. The van der Waals surface area contributed by atoms with Crippen molar-refractivity contribution in [1.29, 1.82) is 0 Å². The summed E-state index contributed by atoms with van der Waals surface area (Å²) in [6, 6.07) is 0. The molecule has 0 rings (SSSR count). The van der Waals surface area contributed by atoms with Gasteiger partial charge >= 0.3 is 0 Å². The molecule has 0 radical (unpaired) electrons. The molecule has 1 unspecified atom stereocenters. The van der Waals surface area contributed by atoms with Crippen LogP contribution in [0.2, 0.25) is 0 Å². The van der Waals surface area contributed by atoms with Gasteiger partial charge in [-0.15, -0.1) is 0 Å². The zero-order valence-corrected chi connectivity index (χ0v) is 9.92. The van der Waals surface area contributed by atoms with Crippen molar-refractivity contribution in [3.63, 3.8) is 0 Å². The zero-order chi connectivity index (χ0) is 11.4. The van der Waals surface area contributed by atoms with E-state index in [1.54, 1.807) is 6.92 Å². The summed E-state index contributed by atoms with van der Waals surface area (Å²) in [7, 11) is 0. The van der Waals surface area contributed by atoms with Crippen LogP contribution in [-0.4, -0.2) is 23.7 Å². The van der Waals surface area contributed by atoms with Gasteiger partial charge in [-0.1, -0.05) is 27.7 Å². The molecule has 0 aliphatic carbocycles. The summed E-state index contributed by atoms with van der Waals surface area (Å²) in [4.78, 5) is 11.3. The van der Waals surface area contributed by atoms with Crippen molar-refractivity contribution >= 4 is 5.91 Å². The molecule has 1 amide bonds. The Labute approximate surface area is 86.9 Å². The maximum atomic E-state index is 11.3. The summed E-state index contributed by atoms with van der Waals surface area (Å²) in [6.45, 7) is 10.2. The second kappa shape index (κ2) is 5.35. The Kier molecular flexibility index (Phi) is 5.13. The van der Waals surface area contributed by atoms with Crippen LogP contribution in [-0.2, 0) is 4.79 Å². The lowest BCUT2D eigenvalue weighted by Crippen LogP contribution is -2.37.